The zero-order valence-corrected chi connectivity index (χ0v) is 20.7. The van der Waals surface area contributed by atoms with Gasteiger partial charge in [-0.25, -0.2) is 0 Å². The van der Waals surface area contributed by atoms with E-state index in [0.29, 0.717) is 30.9 Å². The maximum Gasteiger partial charge on any atom is 0.306 e. The summed E-state index contributed by atoms with van der Waals surface area (Å²) in [5, 5.41) is 3.43. The Bertz CT molecular complexity index is 811. The third kappa shape index (κ3) is 3.14. The molecule has 5 aliphatic rings. The predicted molar refractivity (Wildman–Crippen MR) is 126 cm³/mol. The smallest absolute Gasteiger partial charge is 0.306 e. The van der Waals surface area contributed by atoms with Crippen molar-refractivity contribution in [3.63, 3.8) is 0 Å². The van der Waals surface area contributed by atoms with Crippen LogP contribution >= 0.6 is 0 Å². The van der Waals surface area contributed by atoms with Gasteiger partial charge >= 0.3 is 5.97 Å². The molecule has 6 atom stereocenters. The van der Waals surface area contributed by atoms with Crippen LogP contribution in [0.15, 0.2) is 12.2 Å². The van der Waals surface area contributed by atoms with Gasteiger partial charge in [-0.05, 0) is 73.0 Å². The van der Waals surface area contributed by atoms with Crippen molar-refractivity contribution < 1.29 is 14.3 Å². The first-order valence-corrected chi connectivity index (χ1v) is 13.3. The van der Waals surface area contributed by atoms with E-state index in [9.17, 15) is 9.59 Å². The Morgan fingerprint density at radius 2 is 1.75 bits per heavy atom. The fraction of sp³-hybridized carbons (Fsp3) is 0.857. The predicted octanol–water partition coefficient (Wildman–Crippen LogP) is 5.80. The standard InChI is InChI=1S/C28H43NO3/c1-25(2)14-8-15-26(3)21(25)13-16-27(4)22(26)12-11-20(28(27)17-23(30)32-18-28)24(31)29-19-9-6-5-7-10-19/h8,14,19-22H,5-7,9-13,15-18H2,1-4H3,(H,29,31)/t20-,21?,22-,26+,27-,28+/m1/s1. The number of hydrogen-bond donors (Lipinski definition) is 1. The van der Waals surface area contributed by atoms with Crippen molar-refractivity contribution in [1.29, 1.82) is 0 Å². The number of carbonyl (C=O) groups is 2. The highest BCUT2D eigenvalue weighted by Gasteiger charge is 2.70. The number of ether oxygens (including phenoxy) is 1. The molecule has 32 heavy (non-hydrogen) atoms. The molecule has 1 spiro atoms. The first-order valence-electron chi connectivity index (χ1n) is 13.3. The average Bonchev–Trinajstić information content (AvgIpc) is 3.12. The fourth-order valence-corrected chi connectivity index (χ4v) is 9.50. The van der Waals surface area contributed by atoms with Crippen molar-refractivity contribution in [2.24, 2.45) is 39.4 Å². The molecule has 0 radical (unpaired) electrons. The molecule has 4 heteroatoms. The summed E-state index contributed by atoms with van der Waals surface area (Å²) >= 11 is 0. The highest BCUT2D eigenvalue weighted by molar-refractivity contribution is 5.83. The molecule has 0 aromatic heterocycles. The number of amides is 1. The number of carbonyl (C=O) groups excluding carboxylic acids is 2. The summed E-state index contributed by atoms with van der Waals surface area (Å²) in [5.74, 6) is 1.17. The van der Waals surface area contributed by atoms with E-state index in [0.717, 1.165) is 38.5 Å². The first kappa shape index (κ1) is 22.5. The van der Waals surface area contributed by atoms with Gasteiger partial charge in [0.25, 0.3) is 0 Å². The summed E-state index contributed by atoms with van der Waals surface area (Å²) in [4.78, 5) is 26.3. The summed E-state index contributed by atoms with van der Waals surface area (Å²) in [6, 6.07) is 0.314. The molecule has 4 nitrogen and oxygen atoms in total. The Morgan fingerprint density at radius 3 is 2.44 bits per heavy atom. The second kappa shape index (κ2) is 7.60. The summed E-state index contributed by atoms with van der Waals surface area (Å²) in [6.45, 7) is 10.2. The lowest BCUT2D eigenvalue weighted by Crippen LogP contribution is -2.65. The maximum absolute atomic E-state index is 13.7. The van der Waals surface area contributed by atoms with E-state index in [-0.39, 0.29) is 39.5 Å². The molecule has 1 unspecified atom stereocenters. The zero-order chi connectivity index (χ0) is 22.8. The van der Waals surface area contributed by atoms with E-state index in [1.165, 1.54) is 25.7 Å². The van der Waals surface area contributed by atoms with Gasteiger partial charge in [-0.15, -0.1) is 0 Å². The quantitative estimate of drug-likeness (QED) is 0.435. The molecule has 4 fully saturated rings. The Morgan fingerprint density at radius 1 is 1.00 bits per heavy atom. The number of rotatable bonds is 2. The van der Waals surface area contributed by atoms with E-state index in [1.54, 1.807) is 0 Å². The van der Waals surface area contributed by atoms with E-state index >= 15 is 0 Å². The van der Waals surface area contributed by atoms with Gasteiger partial charge in [-0.3, -0.25) is 9.59 Å². The van der Waals surface area contributed by atoms with E-state index in [2.05, 4.69) is 45.2 Å². The van der Waals surface area contributed by atoms with Crippen molar-refractivity contribution in [2.45, 2.75) is 104 Å². The third-order valence-corrected chi connectivity index (χ3v) is 11.1. The van der Waals surface area contributed by atoms with Crippen molar-refractivity contribution in [3.05, 3.63) is 12.2 Å². The average molecular weight is 442 g/mol. The molecule has 5 rings (SSSR count). The second-order valence-electron chi connectivity index (χ2n) is 13.0. The van der Waals surface area contributed by atoms with Gasteiger partial charge < -0.3 is 10.1 Å². The fourth-order valence-electron chi connectivity index (χ4n) is 9.50. The number of allylic oxidation sites excluding steroid dienone is 2. The number of nitrogens with one attached hydrogen (secondary N) is 1. The van der Waals surface area contributed by atoms with Crippen LogP contribution in [0, 0.1) is 39.4 Å². The van der Waals surface area contributed by atoms with E-state index in [4.69, 9.17) is 4.74 Å². The van der Waals surface area contributed by atoms with Crippen LogP contribution in [-0.2, 0) is 14.3 Å². The van der Waals surface area contributed by atoms with Crippen molar-refractivity contribution >= 4 is 11.9 Å². The Labute approximate surface area is 194 Å². The van der Waals surface area contributed by atoms with Crippen molar-refractivity contribution in [2.75, 3.05) is 6.61 Å². The molecule has 1 aliphatic heterocycles. The van der Waals surface area contributed by atoms with Gasteiger partial charge in [0.15, 0.2) is 0 Å². The molecular formula is C28H43NO3. The Kier molecular flexibility index (Phi) is 5.34. The lowest BCUT2D eigenvalue weighted by Gasteiger charge is -2.68. The van der Waals surface area contributed by atoms with Crippen LogP contribution in [0.5, 0.6) is 0 Å². The van der Waals surface area contributed by atoms with Crippen LogP contribution in [-0.4, -0.2) is 24.5 Å². The first-order chi connectivity index (χ1) is 15.1. The normalized spacial score (nSPS) is 45.8. The molecule has 1 heterocycles. The summed E-state index contributed by atoms with van der Waals surface area (Å²) in [7, 11) is 0. The van der Waals surface area contributed by atoms with Crippen LogP contribution in [0.2, 0.25) is 0 Å². The number of esters is 1. The molecule has 1 amide bonds. The lowest BCUT2D eigenvalue weighted by molar-refractivity contribution is -0.198. The van der Waals surface area contributed by atoms with Crippen molar-refractivity contribution in [3.8, 4) is 0 Å². The Hall–Kier alpha value is -1.32. The molecule has 4 aliphatic carbocycles. The highest BCUT2D eigenvalue weighted by atomic mass is 16.5. The second-order valence-corrected chi connectivity index (χ2v) is 13.0. The van der Waals surface area contributed by atoms with Crippen LogP contribution in [0.25, 0.3) is 0 Å². The molecule has 3 saturated carbocycles. The minimum absolute atomic E-state index is 0.0432. The molecule has 1 saturated heterocycles. The summed E-state index contributed by atoms with van der Waals surface area (Å²) in [5.41, 5.74) is 0.0247. The van der Waals surface area contributed by atoms with E-state index in [1.807, 2.05) is 0 Å². The summed E-state index contributed by atoms with van der Waals surface area (Å²) in [6.07, 6.45) is 16.5. The van der Waals surface area contributed by atoms with Crippen LogP contribution in [0.3, 0.4) is 0 Å². The number of cyclic esters (lactones) is 1. The minimum Gasteiger partial charge on any atom is -0.465 e. The molecule has 0 bridgehead atoms. The number of fused-ring (bicyclic) bond motifs is 4. The van der Waals surface area contributed by atoms with Gasteiger partial charge in [-0.1, -0.05) is 59.1 Å². The molecule has 1 N–H and O–H groups in total. The molecule has 0 aromatic carbocycles. The lowest BCUT2D eigenvalue weighted by atomic mass is 9.36. The minimum atomic E-state index is -0.356. The SMILES string of the molecule is CC1(C)C=CC[C@@]2(C)C1CC[C@]1(C)[C@@H]2CC[C@H](C(=O)NC2CCCCC2)[C@]12COC(=O)C2. The summed E-state index contributed by atoms with van der Waals surface area (Å²) < 4.78 is 5.71. The molecular weight excluding hydrogens is 398 g/mol. The van der Waals surface area contributed by atoms with E-state index < -0.39 is 0 Å². The van der Waals surface area contributed by atoms with Gasteiger partial charge in [0, 0.05) is 17.4 Å². The van der Waals surface area contributed by atoms with Gasteiger partial charge in [0.2, 0.25) is 5.91 Å². The zero-order valence-electron chi connectivity index (χ0n) is 20.7. The van der Waals surface area contributed by atoms with Gasteiger partial charge in [0.05, 0.1) is 13.0 Å². The van der Waals surface area contributed by atoms with Crippen molar-refractivity contribution in [1.82, 2.24) is 5.32 Å². The van der Waals surface area contributed by atoms with Crippen LogP contribution in [0.4, 0.5) is 0 Å². The largest absolute Gasteiger partial charge is 0.465 e. The molecule has 0 aromatic rings. The highest BCUT2D eigenvalue weighted by Crippen LogP contribution is 2.72. The third-order valence-electron chi connectivity index (χ3n) is 11.1. The van der Waals surface area contributed by atoms with Crippen LogP contribution in [0.1, 0.15) is 98.3 Å². The monoisotopic (exact) mass is 441 g/mol. The van der Waals surface area contributed by atoms with Crippen LogP contribution < -0.4 is 5.32 Å². The molecule has 178 valence electrons. The topological polar surface area (TPSA) is 55.4 Å². The maximum atomic E-state index is 13.7. The number of hydrogen-bond acceptors (Lipinski definition) is 3. The Balaban J connectivity index is 1.49. The van der Waals surface area contributed by atoms with Gasteiger partial charge in [0.1, 0.15) is 0 Å². The van der Waals surface area contributed by atoms with Gasteiger partial charge in [-0.2, -0.15) is 0 Å².